The molecule has 2 heterocycles. The van der Waals surface area contributed by atoms with Gasteiger partial charge in [0.15, 0.2) is 0 Å². The highest BCUT2D eigenvalue weighted by Crippen LogP contribution is 2.26. The lowest BCUT2D eigenvalue weighted by molar-refractivity contribution is 0.102. The first-order valence-electron chi connectivity index (χ1n) is 6.77. The summed E-state index contributed by atoms with van der Waals surface area (Å²) < 4.78 is 3.88. The van der Waals surface area contributed by atoms with E-state index in [2.05, 4.69) is 27.1 Å². The minimum Gasteiger partial charge on any atom is -0.384 e. The van der Waals surface area contributed by atoms with Crippen LogP contribution < -0.4 is 10.6 Å². The molecule has 104 valence electrons. The van der Waals surface area contributed by atoms with Gasteiger partial charge in [-0.3, -0.25) is 4.79 Å². The first-order chi connectivity index (χ1) is 9.78. The molecule has 1 aromatic heterocycles. The van der Waals surface area contributed by atoms with Gasteiger partial charge >= 0.3 is 0 Å². The van der Waals surface area contributed by atoms with Crippen molar-refractivity contribution in [3.8, 4) is 0 Å². The summed E-state index contributed by atoms with van der Waals surface area (Å²) in [6, 6.07) is 5.96. The van der Waals surface area contributed by atoms with Crippen LogP contribution in [0.15, 0.2) is 18.2 Å². The molecule has 0 spiro atoms. The summed E-state index contributed by atoms with van der Waals surface area (Å²) in [4.78, 5) is 12.9. The standard InChI is InChI=1S/C14H16N4OS/c1-2-3-12-13(20-18-17-12)14(19)16-10-4-5-11-9(8-10)6-7-15-11/h4-5,8,15H,2-3,6-7H2,1H3,(H,16,19). The number of rotatable bonds is 4. The van der Waals surface area contributed by atoms with Crippen molar-refractivity contribution in [2.45, 2.75) is 26.2 Å². The van der Waals surface area contributed by atoms with E-state index in [4.69, 9.17) is 0 Å². The Morgan fingerprint density at radius 1 is 1.50 bits per heavy atom. The molecule has 0 unspecified atom stereocenters. The molecule has 0 bridgehead atoms. The predicted octanol–water partition coefficient (Wildman–Crippen LogP) is 2.71. The minimum atomic E-state index is -0.116. The van der Waals surface area contributed by atoms with Crippen LogP contribution in [0.1, 0.15) is 34.3 Å². The number of aromatic nitrogens is 2. The van der Waals surface area contributed by atoms with E-state index in [1.54, 1.807) is 0 Å². The maximum Gasteiger partial charge on any atom is 0.269 e. The zero-order chi connectivity index (χ0) is 13.9. The topological polar surface area (TPSA) is 66.9 Å². The molecule has 1 aliphatic heterocycles. The number of carbonyl (C=O) groups is 1. The first kappa shape index (κ1) is 13.1. The van der Waals surface area contributed by atoms with Gasteiger partial charge in [-0.1, -0.05) is 17.8 Å². The molecule has 0 saturated carbocycles. The van der Waals surface area contributed by atoms with E-state index in [-0.39, 0.29) is 5.91 Å². The van der Waals surface area contributed by atoms with E-state index in [0.29, 0.717) is 4.88 Å². The summed E-state index contributed by atoms with van der Waals surface area (Å²) in [5.41, 5.74) is 4.03. The van der Waals surface area contributed by atoms with Gasteiger partial charge in [-0.2, -0.15) is 0 Å². The Balaban J connectivity index is 1.77. The summed E-state index contributed by atoms with van der Waals surface area (Å²) in [5, 5.41) is 10.3. The van der Waals surface area contributed by atoms with Gasteiger partial charge in [-0.25, -0.2) is 0 Å². The SMILES string of the molecule is CCCc1nnsc1C(=O)Nc1ccc2c(c1)CCN2. The van der Waals surface area contributed by atoms with Gasteiger partial charge in [0, 0.05) is 17.9 Å². The van der Waals surface area contributed by atoms with E-state index < -0.39 is 0 Å². The molecule has 0 fully saturated rings. The first-order valence-corrected chi connectivity index (χ1v) is 7.54. The number of nitrogens with zero attached hydrogens (tertiary/aromatic N) is 2. The molecule has 2 aromatic rings. The Hall–Kier alpha value is -1.95. The third kappa shape index (κ3) is 2.51. The number of benzene rings is 1. The van der Waals surface area contributed by atoms with Crippen molar-refractivity contribution in [2.24, 2.45) is 0 Å². The smallest absolute Gasteiger partial charge is 0.269 e. The molecular formula is C14H16N4OS. The minimum absolute atomic E-state index is 0.116. The Kier molecular flexibility index (Phi) is 3.64. The second-order valence-corrected chi connectivity index (χ2v) is 5.56. The monoisotopic (exact) mass is 288 g/mol. The highest BCUT2D eigenvalue weighted by atomic mass is 32.1. The zero-order valence-corrected chi connectivity index (χ0v) is 12.1. The molecule has 2 N–H and O–H groups in total. The van der Waals surface area contributed by atoms with Gasteiger partial charge < -0.3 is 10.6 Å². The normalized spacial score (nSPS) is 12.8. The lowest BCUT2D eigenvalue weighted by Gasteiger charge is -2.06. The van der Waals surface area contributed by atoms with Crippen LogP contribution in [0.3, 0.4) is 0 Å². The number of fused-ring (bicyclic) bond motifs is 1. The molecule has 1 aromatic carbocycles. The number of amides is 1. The van der Waals surface area contributed by atoms with E-state index >= 15 is 0 Å². The van der Waals surface area contributed by atoms with E-state index in [1.807, 2.05) is 18.2 Å². The second-order valence-electron chi connectivity index (χ2n) is 4.80. The van der Waals surface area contributed by atoms with E-state index in [0.717, 1.165) is 54.4 Å². The van der Waals surface area contributed by atoms with Gasteiger partial charge in [0.05, 0.1) is 5.69 Å². The summed E-state index contributed by atoms with van der Waals surface area (Å²) in [6.45, 7) is 3.03. The number of anilines is 2. The number of carbonyl (C=O) groups excluding carboxylic acids is 1. The molecule has 0 aliphatic carbocycles. The summed E-state index contributed by atoms with van der Waals surface area (Å²) in [7, 11) is 0. The number of nitrogens with one attached hydrogen (secondary N) is 2. The maximum absolute atomic E-state index is 12.3. The van der Waals surface area contributed by atoms with Gasteiger partial charge in [-0.15, -0.1) is 5.10 Å². The third-order valence-corrected chi connectivity index (χ3v) is 4.09. The van der Waals surface area contributed by atoms with Crippen LogP contribution in [0, 0.1) is 0 Å². The molecular weight excluding hydrogens is 272 g/mol. The second kappa shape index (κ2) is 5.58. The van der Waals surface area contributed by atoms with Crippen molar-refractivity contribution in [2.75, 3.05) is 17.2 Å². The third-order valence-electron chi connectivity index (χ3n) is 3.32. The van der Waals surface area contributed by atoms with Crippen molar-refractivity contribution < 1.29 is 4.79 Å². The van der Waals surface area contributed by atoms with E-state index in [9.17, 15) is 4.79 Å². The fraction of sp³-hybridized carbons (Fsp3) is 0.357. The highest BCUT2D eigenvalue weighted by Gasteiger charge is 2.17. The van der Waals surface area contributed by atoms with Crippen molar-refractivity contribution in [3.05, 3.63) is 34.3 Å². The molecule has 3 rings (SSSR count). The number of hydrogen-bond donors (Lipinski definition) is 2. The molecule has 0 saturated heterocycles. The van der Waals surface area contributed by atoms with Crippen LogP contribution in [-0.4, -0.2) is 22.0 Å². The quantitative estimate of drug-likeness (QED) is 0.907. The Morgan fingerprint density at radius 2 is 2.40 bits per heavy atom. The molecule has 0 radical (unpaired) electrons. The Bertz CT molecular complexity index is 638. The van der Waals surface area contributed by atoms with Gasteiger partial charge in [0.2, 0.25) is 0 Å². The molecule has 5 nitrogen and oxygen atoms in total. The fourth-order valence-electron chi connectivity index (χ4n) is 2.35. The average molecular weight is 288 g/mol. The Morgan fingerprint density at radius 3 is 3.25 bits per heavy atom. The van der Waals surface area contributed by atoms with Crippen LogP contribution in [-0.2, 0) is 12.8 Å². The van der Waals surface area contributed by atoms with Crippen LogP contribution >= 0.6 is 11.5 Å². The summed E-state index contributed by atoms with van der Waals surface area (Å²) in [5.74, 6) is -0.116. The van der Waals surface area contributed by atoms with Crippen LogP contribution in [0.5, 0.6) is 0 Å². The predicted molar refractivity (Wildman–Crippen MR) is 80.5 cm³/mol. The Labute approximate surface area is 121 Å². The van der Waals surface area contributed by atoms with Crippen molar-refractivity contribution in [1.29, 1.82) is 0 Å². The fourth-order valence-corrected chi connectivity index (χ4v) is 2.96. The van der Waals surface area contributed by atoms with Gasteiger partial charge in [0.1, 0.15) is 4.88 Å². The molecule has 1 aliphatic rings. The van der Waals surface area contributed by atoms with Crippen molar-refractivity contribution >= 4 is 28.8 Å². The summed E-state index contributed by atoms with van der Waals surface area (Å²) >= 11 is 1.16. The molecule has 20 heavy (non-hydrogen) atoms. The highest BCUT2D eigenvalue weighted by molar-refractivity contribution is 7.08. The van der Waals surface area contributed by atoms with Crippen LogP contribution in [0.25, 0.3) is 0 Å². The van der Waals surface area contributed by atoms with Crippen LogP contribution in [0.4, 0.5) is 11.4 Å². The van der Waals surface area contributed by atoms with E-state index in [1.165, 1.54) is 5.56 Å². The number of aryl methyl sites for hydroxylation is 1. The molecule has 6 heteroatoms. The van der Waals surface area contributed by atoms with Gasteiger partial charge in [0.25, 0.3) is 5.91 Å². The average Bonchev–Trinajstić information content (AvgIpc) is 3.07. The lowest BCUT2D eigenvalue weighted by Crippen LogP contribution is -2.12. The molecule has 1 amide bonds. The maximum atomic E-state index is 12.3. The van der Waals surface area contributed by atoms with Crippen molar-refractivity contribution in [3.63, 3.8) is 0 Å². The largest absolute Gasteiger partial charge is 0.384 e. The van der Waals surface area contributed by atoms with Crippen LogP contribution in [0.2, 0.25) is 0 Å². The lowest BCUT2D eigenvalue weighted by atomic mass is 10.1. The van der Waals surface area contributed by atoms with Gasteiger partial charge in [-0.05, 0) is 48.1 Å². The van der Waals surface area contributed by atoms with Crippen molar-refractivity contribution in [1.82, 2.24) is 9.59 Å². The molecule has 0 atom stereocenters. The zero-order valence-electron chi connectivity index (χ0n) is 11.3. The number of hydrogen-bond acceptors (Lipinski definition) is 5. The summed E-state index contributed by atoms with van der Waals surface area (Å²) in [6.07, 6.45) is 2.74.